The van der Waals surface area contributed by atoms with Crippen LogP contribution in [0.15, 0.2) is 71.9 Å². The minimum atomic E-state index is -0.350. The van der Waals surface area contributed by atoms with E-state index < -0.39 is 0 Å². The summed E-state index contributed by atoms with van der Waals surface area (Å²) in [6, 6.07) is 15.0. The molecule has 0 bridgehead atoms. The molecule has 36 heavy (non-hydrogen) atoms. The molecule has 3 aromatic heterocycles. The van der Waals surface area contributed by atoms with Gasteiger partial charge in [-0.05, 0) is 55.1 Å². The fourth-order valence-corrected chi connectivity index (χ4v) is 4.62. The number of ether oxygens (including phenoxy) is 1. The maximum atomic E-state index is 12.4. The number of carbonyl (C=O) groups is 1. The van der Waals surface area contributed by atoms with Crippen LogP contribution in [0.25, 0.3) is 21.9 Å². The van der Waals surface area contributed by atoms with Crippen LogP contribution < -0.4 is 20.7 Å². The predicted molar refractivity (Wildman–Crippen MR) is 135 cm³/mol. The molecule has 1 aliphatic rings. The number of furan rings is 1. The lowest BCUT2D eigenvalue weighted by molar-refractivity contribution is 0.163. The lowest BCUT2D eigenvalue weighted by Crippen LogP contribution is -2.33. The summed E-state index contributed by atoms with van der Waals surface area (Å²) >= 11 is 0. The number of aromatic amines is 1. The number of amides is 2. The smallest absolute Gasteiger partial charge is 0.319 e. The Bertz CT molecular complexity index is 1490. The molecule has 0 radical (unpaired) electrons. The van der Waals surface area contributed by atoms with Gasteiger partial charge in [-0.2, -0.15) is 0 Å². The Kier molecular flexibility index (Phi) is 5.92. The zero-order valence-corrected chi connectivity index (χ0v) is 19.4. The Labute approximate surface area is 206 Å². The van der Waals surface area contributed by atoms with Gasteiger partial charge in [0, 0.05) is 11.1 Å². The maximum Gasteiger partial charge on any atom is 0.319 e. The van der Waals surface area contributed by atoms with Gasteiger partial charge in [-0.15, -0.1) is 0 Å². The Balaban J connectivity index is 1.29. The highest BCUT2D eigenvalue weighted by molar-refractivity contribution is 5.95. The number of H-pyrrole nitrogens is 1. The van der Waals surface area contributed by atoms with Gasteiger partial charge in [-0.25, -0.2) is 19.7 Å². The van der Waals surface area contributed by atoms with E-state index in [4.69, 9.17) is 9.15 Å². The number of hydrogen-bond donors (Lipinski definition) is 4. The highest BCUT2D eigenvalue weighted by Crippen LogP contribution is 2.35. The predicted octanol–water partition coefficient (Wildman–Crippen LogP) is 4.29. The number of nitrogens with zero attached hydrogens (tertiary/aromatic N) is 3. The van der Waals surface area contributed by atoms with Crippen molar-refractivity contribution in [2.75, 3.05) is 11.9 Å². The Morgan fingerprint density at radius 3 is 3.00 bits per heavy atom. The van der Waals surface area contributed by atoms with Gasteiger partial charge in [0.1, 0.15) is 29.0 Å². The summed E-state index contributed by atoms with van der Waals surface area (Å²) in [6.45, 7) is 1.23. The quantitative estimate of drug-likeness (QED) is 0.272. The van der Waals surface area contributed by atoms with Crippen LogP contribution >= 0.6 is 0 Å². The highest BCUT2D eigenvalue weighted by Gasteiger charge is 2.31. The minimum absolute atomic E-state index is 0.0929. The summed E-state index contributed by atoms with van der Waals surface area (Å²) in [4.78, 5) is 28.7. The summed E-state index contributed by atoms with van der Waals surface area (Å²) in [5.74, 6) is 1.39. The van der Waals surface area contributed by atoms with E-state index in [0.29, 0.717) is 29.4 Å². The second-order valence-corrected chi connectivity index (χ2v) is 8.68. The molecule has 10 heteroatoms. The summed E-state index contributed by atoms with van der Waals surface area (Å²) in [5, 5.41) is 11.1. The van der Waals surface area contributed by atoms with E-state index in [1.165, 1.54) is 6.33 Å². The average molecular weight is 484 g/mol. The Morgan fingerprint density at radius 1 is 1.17 bits per heavy atom. The molecular weight excluding hydrogens is 458 g/mol. The second kappa shape index (κ2) is 9.67. The topological polar surface area (TPSA) is 130 Å². The third-order valence-electron chi connectivity index (χ3n) is 6.34. The van der Waals surface area contributed by atoms with Crippen LogP contribution in [-0.2, 0) is 6.54 Å². The first kappa shape index (κ1) is 22.1. The van der Waals surface area contributed by atoms with Crippen molar-refractivity contribution in [2.24, 2.45) is 0 Å². The number of hydrogen-bond acceptors (Lipinski definition) is 7. The van der Waals surface area contributed by atoms with Crippen LogP contribution in [0, 0.1) is 0 Å². The van der Waals surface area contributed by atoms with E-state index in [1.54, 1.807) is 18.7 Å². The zero-order chi connectivity index (χ0) is 24.3. The maximum absolute atomic E-state index is 12.4. The van der Waals surface area contributed by atoms with E-state index in [1.807, 2.05) is 42.5 Å². The first-order valence-electron chi connectivity index (χ1n) is 11.9. The van der Waals surface area contributed by atoms with Crippen LogP contribution in [0.3, 0.4) is 0 Å². The second-order valence-electron chi connectivity index (χ2n) is 8.68. The SMILES string of the molecule is O=C(NCc1ccco1)Nc1ccc2cccc(O[C@@H](c3ncnc4nc[nH]c34)C3CCCN3)c2c1. The Morgan fingerprint density at radius 2 is 2.14 bits per heavy atom. The number of benzene rings is 2. The highest BCUT2D eigenvalue weighted by atomic mass is 16.5. The lowest BCUT2D eigenvalue weighted by Gasteiger charge is -2.25. The minimum Gasteiger partial charge on any atom is -0.482 e. The molecule has 0 aliphatic carbocycles. The van der Waals surface area contributed by atoms with Crippen LogP contribution in [-0.4, -0.2) is 38.6 Å². The van der Waals surface area contributed by atoms with E-state index >= 15 is 0 Å². The van der Waals surface area contributed by atoms with Gasteiger partial charge >= 0.3 is 6.03 Å². The van der Waals surface area contributed by atoms with Crippen molar-refractivity contribution >= 4 is 33.7 Å². The molecule has 6 rings (SSSR count). The zero-order valence-electron chi connectivity index (χ0n) is 19.4. The number of fused-ring (bicyclic) bond motifs is 2. The van der Waals surface area contributed by atoms with Gasteiger partial charge in [0.2, 0.25) is 0 Å². The van der Waals surface area contributed by atoms with Crippen molar-refractivity contribution in [3.05, 3.63) is 78.9 Å². The molecule has 2 atom stereocenters. The number of rotatable bonds is 7. The molecule has 5 aromatic rings. The van der Waals surface area contributed by atoms with Crippen molar-refractivity contribution in [3.63, 3.8) is 0 Å². The van der Waals surface area contributed by atoms with Gasteiger partial charge in [-0.1, -0.05) is 18.2 Å². The summed E-state index contributed by atoms with van der Waals surface area (Å²) in [5.41, 5.74) is 2.80. The molecule has 1 saturated heterocycles. The van der Waals surface area contributed by atoms with Crippen LogP contribution in [0.4, 0.5) is 10.5 Å². The van der Waals surface area contributed by atoms with E-state index in [0.717, 1.165) is 41.4 Å². The third kappa shape index (κ3) is 4.46. The van der Waals surface area contributed by atoms with Crippen LogP contribution in [0.1, 0.15) is 30.4 Å². The molecule has 10 nitrogen and oxygen atoms in total. The molecule has 1 unspecified atom stereocenters. The number of imidazole rings is 1. The molecule has 2 amide bonds. The van der Waals surface area contributed by atoms with Crippen LogP contribution in [0.2, 0.25) is 0 Å². The lowest BCUT2D eigenvalue weighted by atomic mass is 10.0. The standard InChI is InChI=1S/C26H25N7O3/c34-26(28-13-18-5-3-11-35-18)33-17-9-8-16-4-1-7-21(19(16)12-17)36-24(20-6-2-10-27-20)22-23-25(31-14-29-22)32-15-30-23/h1,3-5,7-9,11-12,14-15,20,24,27H,2,6,10,13H2,(H2,28,33,34)(H,29,30,31,32)/t20?,24-/m1/s1. The number of carbonyl (C=O) groups excluding carboxylic acids is 1. The number of anilines is 1. The number of aromatic nitrogens is 4. The summed E-state index contributed by atoms with van der Waals surface area (Å²) in [6.07, 6.45) is 6.41. The van der Waals surface area contributed by atoms with Crippen molar-refractivity contribution in [2.45, 2.75) is 31.5 Å². The Hall–Kier alpha value is -4.44. The average Bonchev–Trinajstić information content (AvgIpc) is 3.68. The first-order chi connectivity index (χ1) is 17.7. The largest absolute Gasteiger partial charge is 0.482 e. The van der Waals surface area contributed by atoms with Gasteiger partial charge in [0.25, 0.3) is 0 Å². The molecule has 4 N–H and O–H groups in total. The van der Waals surface area contributed by atoms with Gasteiger partial charge in [-0.3, -0.25) is 0 Å². The first-order valence-corrected chi connectivity index (χ1v) is 11.9. The van der Waals surface area contributed by atoms with Gasteiger partial charge < -0.3 is 30.1 Å². The molecule has 4 heterocycles. The van der Waals surface area contributed by atoms with Crippen molar-refractivity contribution in [1.29, 1.82) is 0 Å². The van der Waals surface area contributed by atoms with E-state index in [2.05, 4.69) is 35.9 Å². The van der Waals surface area contributed by atoms with E-state index in [-0.39, 0.29) is 18.2 Å². The molecule has 0 saturated carbocycles. The fraction of sp³-hybridized carbons (Fsp3) is 0.231. The van der Waals surface area contributed by atoms with Crippen molar-refractivity contribution in [3.8, 4) is 5.75 Å². The normalized spacial score (nSPS) is 16.3. The molecule has 1 fully saturated rings. The van der Waals surface area contributed by atoms with Crippen molar-refractivity contribution < 1.29 is 13.9 Å². The third-order valence-corrected chi connectivity index (χ3v) is 6.34. The van der Waals surface area contributed by atoms with Gasteiger partial charge in [0.15, 0.2) is 11.8 Å². The molecule has 2 aromatic carbocycles. The molecule has 182 valence electrons. The summed E-state index contributed by atoms with van der Waals surface area (Å²) < 4.78 is 12.0. The molecule has 1 aliphatic heterocycles. The van der Waals surface area contributed by atoms with Crippen molar-refractivity contribution in [1.82, 2.24) is 30.6 Å². The molecule has 0 spiro atoms. The molecular formula is C26H25N7O3. The summed E-state index contributed by atoms with van der Waals surface area (Å²) in [7, 11) is 0. The fourth-order valence-electron chi connectivity index (χ4n) is 4.62. The number of urea groups is 1. The van der Waals surface area contributed by atoms with Gasteiger partial charge in [0.05, 0.1) is 25.2 Å². The number of nitrogens with one attached hydrogen (secondary N) is 4. The van der Waals surface area contributed by atoms with Crippen LogP contribution in [0.5, 0.6) is 5.75 Å². The van der Waals surface area contributed by atoms with E-state index in [9.17, 15) is 4.79 Å². The monoisotopic (exact) mass is 483 g/mol.